The second-order valence-electron chi connectivity index (χ2n) is 10.5. The van der Waals surface area contributed by atoms with Gasteiger partial charge in [-0.3, -0.25) is 9.59 Å². The van der Waals surface area contributed by atoms with Crippen molar-refractivity contribution in [3.8, 4) is 0 Å². The number of hydrogen-bond acceptors (Lipinski definition) is 8. The molecule has 3 aromatic heterocycles. The van der Waals surface area contributed by atoms with Gasteiger partial charge in [0.2, 0.25) is 18.3 Å². The lowest BCUT2D eigenvalue weighted by atomic mass is 9.81. The summed E-state index contributed by atoms with van der Waals surface area (Å²) in [6, 6.07) is 0.662. The van der Waals surface area contributed by atoms with Gasteiger partial charge in [0.1, 0.15) is 5.69 Å². The van der Waals surface area contributed by atoms with E-state index in [1.54, 1.807) is 0 Å². The largest absolute Gasteiger partial charge is 0.369 e. The quantitative estimate of drug-likeness (QED) is 0.269. The number of alkyl halides is 4. The number of aryl methyl sites for hydroxylation is 1. The molecule has 1 saturated carbocycles. The molecule has 0 spiro atoms. The van der Waals surface area contributed by atoms with E-state index in [1.165, 1.54) is 43.7 Å². The Morgan fingerprint density at radius 2 is 1.92 bits per heavy atom. The first kappa shape index (κ1) is 28.4. The topological polar surface area (TPSA) is 148 Å². The first-order chi connectivity index (χ1) is 18.3. The van der Waals surface area contributed by atoms with Crippen molar-refractivity contribution in [2.75, 3.05) is 0 Å². The van der Waals surface area contributed by atoms with Crippen LogP contribution in [0.15, 0.2) is 23.1 Å². The number of aliphatic hydroxyl groups is 1. The summed E-state index contributed by atoms with van der Waals surface area (Å²) in [6.07, 6.45) is -2.37. The Morgan fingerprint density at radius 1 is 1.23 bits per heavy atom. The van der Waals surface area contributed by atoms with Gasteiger partial charge < -0.3 is 15.7 Å². The van der Waals surface area contributed by atoms with Gasteiger partial charge in [0.15, 0.2) is 17.6 Å². The molecule has 0 aromatic carbocycles. The lowest BCUT2D eigenvalue weighted by Crippen LogP contribution is -2.37. The SMILES string of the molecule is Cc1nonc1C(=O)N[C@H](c1cn2ncc([C@@H](O)NC(=O)CC(C)(C)C(F)F)cc2n1)C1CCC(F)(F)CC1. The number of halogens is 4. The van der Waals surface area contributed by atoms with Gasteiger partial charge in [-0.05, 0) is 36.9 Å². The van der Waals surface area contributed by atoms with E-state index in [4.69, 9.17) is 0 Å². The molecule has 3 heterocycles. The molecule has 2 atom stereocenters. The third kappa shape index (κ3) is 6.52. The molecule has 0 bridgehead atoms. The van der Waals surface area contributed by atoms with E-state index in [9.17, 15) is 32.3 Å². The summed E-state index contributed by atoms with van der Waals surface area (Å²) in [5.74, 6) is -4.52. The highest BCUT2D eigenvalue weighted by Crippen LogP contribution is 2.41. The van der Waals surface area contributed by atoms with Crippen LogP contribution < -0.4 is 10.6 Å². The van der Waals surface area contributed by atoms with Crippen molar-refractivity contribution in [2.45, 2.75) is 77.5 Å². The standard InChI is InChI=1S/C24H29F4N7O4/c1-12-18(34-39-33-12)21(38)32-19(13-4-6-24(27,28)7-5-13)15-11-35-16(30-15)8-14(10-29-35)20(37)31-17(36)9-23(2,3)22(25)26/h8,10-11,13,19-20,22,37H,4-7,9H2,1-3H3,(H,31,36)(H,32,38)/t19-,20+/m0/s1. The van der Waals surface area contributed by atoms with Gasteiger partial charge in [-0.2, -0.15) is 5.10 Å². The number of nitrogens with zero attached hydrogens (tertiary/aromatic N) is 5. The Bertz CT molecular complexity index is 1330. The monoisotopic (exact) mass is 555 g/mol. The summed E-state index contributed by atoms with van der Waals surface area (Å²) in [5, 5.41) is 26.9. The van der Waals surface area contributed by atoms with E-state index in [0.29, 0.717) is 5.69 Å². The summed E-state index contributed by atoms with van der Waals surface area (Å²) < 4.78 is 59.8. The van der Waals surface area contributed by atoms with Crippen molar-refractivity contribution in [2.24, 2.45) is 11.3 Å². The molecule has 0 aliphatic heterocycles. The van der Waals surface area contributed by atoms with Crippen molar-refractivity contribution in [3.05, 3.63) is 41.1 Å². The zero-order valence-corrected chi connectivity index (χ0v) is 21.5. The van der Waals surface area contributed by atoms with Crippen LogP contribution in [0.1, 0.15) is 85.7 Å². The number of aliphatic hydroxyl groups excluding tert-OH is 1. The Labute approximate surface area is 220 Å². The van der Waals surface area contributed by atoms with Crippen molar-refractivity contribution in [3.63, 3.8) is 0 Å². The van der Waals surface area contributed by atoms with Crippen LogP contribution in [0, 0.1) is 18.3 Å². The molecule has 3 aromatic rings. The van der Waals surface area contributed by atoms with Gasteiger partial charge in [-0.15, -0.1) is 0 Å². The molecular weight excluding hydrogens is 526 g/mol. The zero-order chi connectivity index (χ0) is 28.5. The van der Waals surface area contributed by atoms with Crippen LogP contribution in [0.2, 0.25) is 0 Å². The predicted octanol–water partition coefficient (Wildman–Crippen LogP) is 3.51. The van der Waals surface area contributed by atoms with Crippen LogP contribution in [-0.2, 0) is 4.79 Å². The highest BCUT2D eigenvalue weighted by Gasteiger charge is 2.40. The molecule has 2 amide bonds. The number of carbonyl (C=O) groups excluding carboxylic acids is 2. The Hall–Kier alpha value is -3.62. The van der Waals surface area contributed by atoms with Gasteiger partial charge in [-0.25, -0.2) is 31.7 Å². The summed E-state index contributed by atoms with van der Waals surface area (Å²) in [7, 11) is 0. The maximum absolute atomic E-state index is 13.9. The number of aromatic nitrogens is 5. The number of nitrogens with one attached hydrogen (secondary N) is 2. The minimum atomic E-state index is -2.78. The number of hydrogen-bond donors (Lipinski definition) is 3. The van der Waals surface area contributed by atoms with Crippen LogP contribution in [-0.4, -0.2) is 54.2 Å². The molecule has 0 unspecified atom stereocenters. The minimum absolute atomic E-state index is 0.0424. The third-order valence-electron chi connectivity index (χ3n) is 6.89. The van der Waals surface area contributed by atoms with E-state index in [-0.39, 0.29) is 54.2 Å². The number of fused-ring (bicyclic) bond motifs is 1. The first-order valence-corrected chi connectivity index (χ1v) is 12.3. The normalized spacial score (nSPS) is 17.8. The van der Waals surface area contributed by atoms with Crippen molar-refractivity contribution in [1.82, 2.24) is 35.5 Å². The van der Waals surface area contributed by atoms with E-state index in [1.807, 2.05) is 0 Å². The molecule has 39 heavy (non-hydrogen) atoms. The molecule has 1 fully saturated rings. The minimum Gasteiger partial charge on any atom is -0.369 e. The van der Waals surface area contributed by atoms with Crippen LogP contribution in [0.5, 0.6) is 0 Å². The lowest BCUT2D eigenvalue weighted by molar-refractivity contribution is -0.128. The molecule has 4 rings (SSSR count). The number of imidazole rings is 1. The van der Waals surface area contributed by atoms with Crippen molar-refractivity contribution >= 4 is 17.5 Å². The molecule has 11 nitrogen and oxygen atoms in total. The van der Waals surface area contributed by atoms with E-state index in [2.05, 4.69) is 35.7 Å². The van der Waals surface area contributed by atoms with Gasteiger partial charge >= 0.3 is 0 Å². The molecule has 1 aliphatic rings. The highest BCUT2D eigenvalue weighted by molar-refractivity contribution is 5.93. The third-order valence-corrected chi connectivity index (χ3v) is 6.89. The molecule has 0 saturated heterocycles. The summed E-state index contributed by atoms with van der Waals surface area (Å²) in [5.41, 5.74) is -0.634. The maximum Gasteiger partial charge on any atom is 0.276 e. The molecule has 15 heteroatoms. The van der Waals surface area contributed by atoms with E-state index in [0.717, 1.165) is 0 Å². The van der Waals surface area contributed by atoms with Crippen molar-refractivity contribution in [1.29, 1.82) is 0 Å². The van der Waals surface area contributed by atoms with Crippen LogP contribution in [0.25, 0.3) is 5.65 Å². The van der Waals surface area contributed by atoms with Crippen LogP contribution >= 0.6 is 0 Å². The Morgan fingerprint density at radius 3 is 2.54 bits per heavy atom. The zero-order valence-electron chi connectivity index (χ0n) is 21.5. The smallest absolute Gasteiger partial charge is 0.276 e. The average molecular weight is 556 g/mol. The van der Waals surface area contributed by atoms with Gasteiger partial charge in [0.05, 0.1) is 24.1 Å². The Balaban J connectivity index is 1.56. The fourth-order valence-electron chi connectivity index (χ4n) is 4.46. The molecule has 3 N–H and O–H groups in total. The summed E-state index contributed by atoms with van der Waals surface area (Å²) >= 11 is 0. The second-order valence-corrected chi connectivity index (χ2v) is 10.5. The second kappa shape index (κ2) is 10.9. The fourth-order valence-corrected chi connectivity index (χ4v) is 4.46. The van der Waals surface area contributed by atoms with Crippen LogP contribution in [0.4, 0.5) is 17.6 Å². The van der Waals surface area contributed by atoms with E-state index >= 15 is 0 Å². The molecule has 1 aliphatic carbocycles. The number of amides is 2. The molecular formula is C24H29F4N7O4. The van der Waals surface area contributed by atoms with Gasteiger partial charge in [0.25, 0.3) is 5.91 Å². The van der Waals surface area contributed by atoms with E-state index < -0.39 is 48.3 Å². The predicted molar refractivity (Wildman–Crippen MR) is 127 cm³/mol. The number of rotatable bonds is 9. The molecule has 212 valence electrons. The average Bonchev–Trinajstić information content (AvgIpc) is 3.47. The van der Waals surface area contributed by atoms with Gasteiger partial charge in [-0.1, -0.05) is 19.0 Å². The lowest BCUT2D eigenvalue weighted by Gasteiger charge is -2.33. The number of carbonyl (C=O) groups is 2. The fraction of sp³-hybridized carbons (Fsp3) is 0.583. The molecule has 0 radical (unpaired) electrons. The van der Waals surface area contributed by atoms with Crippen molar-refractivity contribution < 1.29 is 36.9 Å². The first-order valence-electron chi connectivity index (χ1n) is 12.3. The summed E-state index contributed by atoms with van der Waals surface area (Å²) in [6.45, 7) is 4.02. The van der Waals surface area contributed by atoms with Gasteiger partial charge in [0, 0.05) is 30.2 Å². The Kier molecular flexibility index (Phi) is 7.91. The maximum atomic E-state index is 13.9. The van der Waals surface area contributed by atoms with Crippen LogP contribution in [0.3, 0.4) is 0 Å². The highest BCUT2D eigenvalue weighted by atomic mass is 19.3. The summed E-state index contributed by atoms with van der Waals surface area (Å²) in [4.78, 5) is 29.6.